The summed E-state index contributed by atoms with van der Waals surface area (Å²) >= 11 is 0. The lowest BCUT2D eigenvalue weighted by molar-refractivity contribution is 0.341. The largest absolute Gasteiger partial charge is 0.482 e. The van der Waals surface area contributed by atoms with Gasteiger partial charge in [-0.05, 0) is 37.3 Å². The highest BCUT2D eigenvalue weighted by Crippen LogP contribution is 2.29. The van der Waals surface area contributed by atoms with Crippen LogP contribution in [0.1, 0.15) is 11.3 Å². The molecular weight excluding hydrogens is 186 g/mol. The van der Waals surface area contributed by atoms with E-state index in [0.717, 1.165) is 25.0 Å². The smallest absolute Gasteiger partial charge is 0.0251 e. The Balaban J connectivity index is 2.32. The SMILES string of the molecule is [CH2-]N1CCc2c(n([CH2-])c3cnccc23)C1. The van der Waals surface area contributed by atoms with Crippen LogP contribution in [0.2, 0.25) is 0 Å². The molecule has 0 spiro atoms. The fraction of sp³-hybridized carbons (Fsp3) is 0.250. The van der Waals surface area contributed by atoms with E-state index in [0.29, 0.717) is 0 Å². The molecule has 0 radical (unpaired) electrons. The molecule has 1 aliphatic rings. The molecule has 0 atom stereocenters. The molecule has 0 aliphatic carbocycles. The van der Waals surface area contributed by atoms with Crippen LogP contribution in [0.5, 0.6) is 0 Å². The summed E-state index contributed by atoms with van der Waals surface area (Å²) in [4.78, 5) is 6.23. The summed E-state index contributed by atoms with van der Waals surface area (Å²) in [7, 11) is 8.06. The lowest BCUT2D eigenvalue weighted by Gasteiger charge is -2.34. The highest BCUT2D eigenvalue weighted by Gasteiger charge is 2.11. The van der Waals surface area contributed by atoms with E-state index in [1.807, 2.05) is 17.0 Å². The van der Waals surface area contributed by atoms with Crippen molar-refractivity contribution in [2.24, 2.45) is 0 Å². The number of hydrogen-bond acceptors (Lipinski definition) is 2. The first-order valence-corrected chi connectivity index (χ1v) is 5.10. The Morgan fingerprint density at radius 3 is 3.07 bits per heavy atom. The molecule has 0 amide bonds. The Labute approximate surface area is 89.3 Å². The van der Waals surface area contributed by atoms with Crippen molar-refractivity contribution in [2.45, 2.75) is 13.0 Å². The van der Waals surface area contributed by atoms with Gasteiger partial charge in [-0.3, -0.25) is 12.0 Å². The number of aromatic nitrogens is 2. The number of pyridine rings is 1. The van der Waals surface area contributed by atoms with E-state index < -0.39 is 0 Å². The minimum atomic E-state index is 0.882. The summed E-state index contributed by atoms with van der Waals surface area (Å²) in [6.45, 7) is 1.90. The molecule has 2 aromatic heterocycles. The molecule has 15 heavy (non-hydrogen) atoms. The molecular formula is C12H13N3-2. The Bertz CT molecular complexity index is 513. The summed E-state index contributed by atoms with van der Waals surface area (Å²) in [5.41, 5.74) is 3.82. The van der Waals surface area contributed by atoms with E-state index in [-0.39, 0.29) is 0 Å². The zero-order valence-corrected chi connectivity index (χ0v) is 8.61. The molecule has 0 unspecified atom stereocenters. The van der Waals surface area contributed by atoms with Gasteiger partial charge in [0.15, 0.2) is 0 Å². The Morgan fingerprint density at radius 2 is 2.20 bits per heavy atom. The van der Waals surface area contributed by atoms with Crippen molar-refractivity contribution in [3.8, 4) is 0 Å². The van der Waals surface area contributed by atoms with Gasteiger partial charge in [0.2, 0.25) is 0 Å². The maximum absolute atomic E-state index is 4.15. The van der Waals surface area contributed by atoms with Crippen molar-refractivity contribution in [3.63, 3.8) is 0 Å². The van der Waals surface area contributed by atoms with Gasteiger partial charge < -0.3 is 9.47 Å². The van der Waals surface area contributed by atoms with Gasteiger partial charge in [-0.2, -0.15) is 0 Å². The third-order valence-electron chi connectivity index (χ3n) is 3.14. The monoisotopic (exact) mass is 199 g/mol. The van der Waals surface area contributed by atoms with E-state index in [9.17, 15) is 0 Å². The van der Waals surface area contributed by atoms with Gasteiger partial charge in [0.05, 0.1) is 0 Å². The molecule has 78 valence electrons. The maximum Gasteiger partial charge on any atom is 0.0251 e. The van der Waals surface area contributed by atoms with Crippen LogP contribution in [-0.4, -0.2) is 21.0 Å². The van der Waals surface area contributed by atoms with E-state index >= 15 is 0 Å². The molecule has 0 fully saturated rings. The van der Waals surface area contributed by atoms with E-state index in [1.165, 1.54) is 16.6 Å². The minimum Gasteiger partial charge on any atom is -0.482 e. The Hall–Kier alpha value is -1.48. The average molecular weight is 199 g/mol. The summed E-state index contributed by atoms with van der Waals surface area (Å²) in [5, 5.41) is 1.29. The maximum atomic E-state index is 4.15. The van der Waals surface area contributed by atoms with E-state index in [4.69, 9.17) is 0 Å². The average Bonchev–Trinajstić information content (AvgIpc) is 2.54. The van der Waals surface area contributed by atoms with Gasteiger partial charge in [-0.1, -0.05) is 16.6 Å². The quantitative estimate of drug-likeness (QED) is 0.603. The van der Waals surface area contributed by atoms with Gasteiger partial charge in [0.25, 0.3) is 0 Å². The first-order chi connectivity index (χ1) is 7.27. The zero-order valence-electron chi connectivity index (χ0n) is 8.61. The number of hydrogen-bond donors (Lipinski definition) is 0. The second-order valence-electron chi connectivity index (χ2n) is 4.05. The summed E-state index contributed by atoms with van der Waals surface area (Å²) in [6, 6.07) is 2.08. The Morgan fingerprint density at radius 1 is 1.33 bits per heavy atom. The van der Waals surface area contributed by atoms with Crippen LogP contribution in [0.25, 0.3) is 10.9 Å². The second-order valence-corrected chi connectivity index (χ2v) is 4.05. The first-order valence-electron chi connectivity index (χ1n) is 5.10. The minimum absolute atomic E-state index is 0.882. The Kier molecular flexibility index (Phi) is 1.76. The summed E-state index contributed by atoms with van der Waals surface area (Å²) < 4.78 is 2.00. The number of rotatable bonds is 0. The zero-order chi connectivity index (χ0) is 10.4. The van der Waals surface area contributed by atoms with Crippen molar-refractivity contribution in [1.82, 2.24) is 14.5 Å². The van der Waals surface area contributed by atoms with Crippen LogP contribution >= 0.6 is 0 Å². The fourth-order valence-electron chi connectivity index (χ4n) is 2.34. The number of nitrogens with zero attached hydrogens (tertiary/aromatic N) is 3. The molecule has 2 aromatic rings. The molecule has 3 nitrogen and oxygen atoms in total. The molecule has 0 N–H and O–H groups in total. The van der Waals surface area contributed by atoms with Crippen LogP contribution < -0.4 is 0 Å². The summed E-state index contributed by atoms with van der Waals surface area (Å²) in [5.74, 6) is 0. The van der Waals surface area contributed by atoms with Gasteiger partial charge in [0.1, 0.15) is 0 Å². The summed E-state index contributed by atoms with van der Waals surface area (Å²) in [6.07, 6.45) is 4.79. The van der Waals surface area contributed by atoms with Crippen molar-refractivity contribution in [3.05, 3.63) is 43.8 Å². The molecule has 3 rings (SSSR count). The third kappa shape index (κ3) is 1.16. The van der Waals surface area contributed by atoms with Crippen molar-refractivity contribution in [1.29, 1.82) is 0 Å². The van der Waals surface area contributed by atoms with Crippen LogP contribution in [0, 0.1) is 14.1 Å². The highest BCUT2D eigenvalue weighted by molar-refractivity contribution is 5.85. The van der Waals surface area contributed by atoms with Crippen molar-refractivity contribution >= 4 is 10.9 Å². The first kappa shape index (κ1) is 8.80. The van der Waals surface area contributed by atoms with E-state index in [2.05, 4.69) is 30.0 Å². The van der Waals surface area contributed by atoms with Crippen molar-refractivity contribution in [2.75, 3.05) is 6.54 Å². The van der Waals surface area contributed by atoms with E-state index in [1.54, 1.807) is 0 Å². The second kappa shape index (κ2) is 3.00. The lowest BCUT2D eigenvalue weighted by atomic mass is 10.0. The molecule has 1 aliphatic heterocycles. The van der Waals surface area contributed by atoms with Crippen LogP contribution in [-0.2, 0) is 13.0 Å². The molecule has 0 aromatic carbocycles. The predicted molar refractivity (Wildman–Crippen MR) is 60.0 cm³/mol. The normalized spacial score (nSPS) is 16.9. The van der Waals surface area contributed by atoms with Crippen LogP contribution in [0.15, 0.2) is 18.5 Å². The van der Waals surface area contributed by atoms with Gasteiger partial charge >= 0.3 is 0 Å². The standard InChI is InChI=1S/C12H13N3/c1-14-6-4-10-9-3-5-13-7-11(9)15(2)12(10)8-14/h3,5,7H,1-2,4,6,8H2/q-2. The topological polar surface area (TPSA) is 21.1 Å². The third-order valence-corrected chi connectivity index (χ3v) is 3.14. The highest BCUT2D eigenvalue weighted by atomic mass is 15.1. The van der Waals surface area contributed by atoms with Gasteiger partial charge in [-0.25, -0.2) is 0 Å². The van der Waals surface area contributed by atoms with Gasteiger partial charge in [0, 0.05) is 6.20 Å². The van der Waals surface area contributed by atoms with Gasteiger partial charge in [-0.15, -0.1) is 7.05 Å². The molecule has 0 bridgehead atoms. The predicted octanol–water partition coefficient (Wildman–Crippen LogP) is 1.83. The fourth-order valence-corrected chi connectivity index (χ4v) is 2.34. The van der Waals surface area contributed by atoms with Crippen LogP contribution in [0.3, 0.4) is 0 Å². The molecule has 0 saturated carbocycles. The van der Waals surface area contributed by atoms with Crippen molar-refractivity contribution < 1.29 is 0 Å². The number of fused-ring (bicyclic) bond motifs is 3. The lowest BCUT2D eigenvalue weighted by Crippen LogP contribution is -2.25. The molecule has 0 saturated heterocycles. The molecule has 3 heterocycles. The van der Waals surface area contributed by atoms with Crippen LogP contribution in [0.4, 0.5) is 0 Å². The molecule has 3 heteroatoms.